The van der Waals surface area contributed by atoms with Gasteiger partial charge in [-0.15, -0.1) is 0 Å². The Balaban J connectivity index is 3.26. The Bertz CT molecular complexity index is 62.6. The first-order valence-electron chi connectivity index (χ1n) is 1.15. The summed E-state index contributed by atoms with van der Waals surface area (Å²) in [6.07, 6.45) is 0. The third-order valence-electron chi connectivity index (χ3n) is 0.187. The van der Waals surface area contributed by atoms with Crippen molar-refractivity contribution >= 4 is 44.5 Å². The van der Waals surface area contributed by atoms with Crippen LogP contribution in [0.15, 0.2) is 0 Å². The topological polar surface area (TPSA) is 37.3 Å². The summed E-state index contributed by atoms with van der Waals surface area (Å²) < 4.78 is -0.449. The fraction of sp³-hybridized carbons (Fsp3) is 0.500. The van der Waals surface area contributed by atoms with Gasteiger partial charge in [0.2, 0.25) is 0 Å². The van der Waals surface area contributed by atoms with Crippen molar-refractivity contribution < 1.29 is 9.90 Å². The number of alkyl halides is 2. The highest BCUT2D eigenvalue weighted by atomic mass is 127. The van der Waals surface area contributed by atoms with Crippen LogP contribution < -0.4 is 0 Å². The normalized spacial score (nSPS) is 13.7. The zero-order valence-corrected chi connectivity index (χ0v) is 6.43. The van der Waals surface area contributed by atoms with E-state index in [1.807, 2.05) is 0 Å². The number of hydrogen-bond acceptors (Lipinski definition) is 1. The van der Waals surface area contributed by atoms with Crippen LogP contribution in [0.1, 0.15) is 0 Å². The molecule has 0 saturated heterocycles. The van der Waals surface area contributed by atoms with Crippen LogP contribution in [0.3, 0.4) is 0 Å². The lowest BCUT2D eigenvalue weighted by Crippen LogP contribution is -2.02. The summed E-state index contributed by atoms with van der Waals surface area (Å²) in [4.78, 5) is 9.64. The van der Waals surface area contributed by atoms with E-state index in [4.69, 9.17) is 5.11 Å². The van der Waals surface area contributed by atoms with Gasteiger partial charge < -0.3 is 5.11 Å². The second-order valence-corrected chi connectivity index (χ2v) is 4.51. The van der Waals surface area contributed by atoms with Crippen molar-refractivity contribution in [1.29, 1.82) is 0 Å². The molecule has 0 unspecified atom stereocenters. The first kappa shape index (κ1) is 6.68. The van der Waals surface area contributed by atoms with E-state index in [-0.39, 0.29) is 0 Å². The second kappa shape index (κ2) is 2.79. The smallest absolute Gasteiger partial charge is 0.327 e. The quantitative estimate of drug-likeness (QED) is 0.571. The maximum atomic E-state index is 9.64. The van der Waals surface area contributed by atoms with Crippen LogP contribution >= 0.6 is 38.5 Å². The highest BCUT2D eigenvalue weighted by Crippen LogP contribution is 2.06. The van der Waals surface area contributed by atoms with Gasteiger partial charge in [0, 0.05) is 0 Å². The SMILES string of the molecule is O=C(O)[C@@H](Br)I. The van der Waals surface area contributed by atoms with Gasteiger partial charge in [-0.05, 0) is 0 Å². The molecule has 0 aliphatic rings. The minimum Gasteiger partial charge on any atom is -0.480 e. The van der Waals surface area contributed by atoms with E-state index in [1.54, 1.807) is 22.6 Å². The molecule has 4 heteroatoms. The molecule has 0 fully saturated rings. The predicted molar refractivity (Wildman–Crippen MR) is 34.4 cm³/mol. The summed E-state index contributed by atoms with van der Waals surface area (Å²) in [5.74, 6) is -0.837. The van der Waals surface area contributed by atoms with Gasteiger partial charge in [-0.25, -0.2) is 0 Å². The molecule has 1 atom stereocenters. The van der Waals surface area contributed by atoms with Crippen molar-refractivity contribution in [3.8, 4) is 0 Å². The highest BCUT2D eigenvalue weighted by molar-refractivity contribution is 14.1. The van der Waals surface area contributed by atoms with Crippen molar-refractivity contribution in [2.45, 2.75) is 2.83 Å². The summed E-state index contributed by atoms with van der Waals surface area (Å²) in [5, 5.41) is 7.94. The Labute approximate surface area is 57.2 Å². The summed E-state index contributed by atoms with van der Waals surface area (Å²) in [7, 11) is 0. The molecule has 0 radical (unpaired) electrons. The molecule has 0 aromatic heterocycles. The summed E-state index contributed by atoms with van der Waals surface area (Å²) in [5.41, 5.74) is 0. The van der Waals surface area contributed by atoms with Crippen LogP contribution in [-0.2, 0) is 4.79 Å². The third-order valence-corrected chi connectivity index (χ3v) is 1.11. The zero-order valence-electron chi connectivity index (χ0n) is 2.69. The van der Waals surface area contributed by atoms with E-state index in [0.29, 0.717) is 0 Å². The Morgan fingerprint density at radius 3 is 2.17 bits per heavy atom. The number of carbonyl (C=O) groups is 1. The Kier molecular flexibility index (Phi) is 3.10. The van der Waals surface area contributed by atoms with Crippen LogP contribution in [0.5, 0.6) is 0 Å². The van der Waals surface area contributed by atoms with Crippen molar-refractivity contribution in [2.24, 2.45) is 0 Å². The number of carboxylic acids is 1. The number of halogens is 2. The second-order valence-electron chi connectivity index (χ2n) is 0.639. The molecule has 6 heavy (non-hydrogen) atoms. The minimum atomic E-state index is -0.837. The molecule has 0 bridgehead atoms. The maximum Gasteiger partial charge on any atom is 0.327 e. The average Bonchev–Trinajstić information content (AvgIpc) is 1.36. The molecule has 36 valence electrons. The largest absolute Gasteiger partial charge is 0.480 e. The molecule has 0 aliphatic heterocycles. The molecule has 0 aliphatic carbocycles. The molecule has 0 amide bonds. The predicted octanol–water partition coefficient (Wildman–Crippen LogP) is 1.23. The van der Waals surface area contributed by atoms with Gasteiger partial charge in [0.15, 0.2) is 2.83 Å². The van der Waals surface area contributed by atoms with Gasteiger partial charge >= 0.3 is 5.97 Å². The molecule has 0 aromatic rings. The molecule has 0 heterocycles. The molecule has 0 rings (SSSR count). The van der Waals surface area contributed by atoms with E-state index in [0.717, 1.165) is 0 Å². The van der Waals surface area contributed by atoms with Gasteiger partial charge in [-0.1, -0.05) is 38.5 Å². The molecule has 0 saturated carbocycles. The standard InChI is InChI=1S/C2H2BrIO2/c3-1(4)2(5)6/h1H,(H,5,6)/t1-/m0/s1. The van der Waals surface area contributed by atoms with E-state index in [2.05, 4.69) is 15.9 Å². The Morgan fingerprint density at radius 1 is 2.00 bits per heavy atom. The van der Waals surface area contributed by atoms with Crippen molar-refractivity contribution in [1.82, 2.24) is 0 Å². The molecular formula is C2H2BrIO2. The number of aliphatic carboxylic acids is 1. The van der Waals surface area contributed by atoms with Gasteiger partial charge in [0.25, 0.3) is 0 Å². The number of carboxylic acid groups (broad SMARTS) is 1. The molecule has 1 N–H and O–H groups in total. The van der Waals surface area contributed by atoms with Crippen LogP contribution in [0, 0.1) is 0 Å². The highest BCUT2D eigenvalue weighted by Gasteiger charge is 2.04. The van der Waals surface area contributed by atoms with Crippen molar-refractivity contribution in [3.05, 3.63) is 0 Å². The first-order chi connectivity index (χ1) is 2.64. The van der Waals surface area contributed by atoms with Crippen LogP contribution in [0.25, 0.3) is 0 Å². The monoisotopic (exact) mass is 264 g/mol. The van der Waals surface area contributed by atoms with Crippen LogP contribution in [0.4, 0.5) is 0 Å². The van der Waals surface area contributed by atoms with Gasteiger partial charge in [0.1, 0.15) is 0 Å². The van der Waals surface area contributed by atoms with Crippen LogP contribution in [-0.4, -0.2) is 13.9 Å². The fourth-order valence-electron chi connectivity index (χ4n) is 0. The van der Waals surface area contributed by atoms with E-state index < -0.39 is 8.80 Å². The fourth-order valence-corrected chi connectivity index (χ4v) is 0. The molecule has 0 spiro atoms. The molecule has 2 nitrogen and oxygen atoms in total. The minimum absolute atomic E-state index is 0.449. The Morgan fingerprint density at radius 2 is 2.17 bits per heavy atom. The lowest BCUT2D eigenvalue weighted by molar-refractivity contribution is -0.134. The molecule has 0 aromatic carbocycles. The lowest BCUT2D eigenvalue weighted by atomic mass is 10.8. The summed E-state index contributed by atoms with van der Waals surface area (Å²) in [6.45, 7) is 0. The zero-order chi connectivity index (χ0) is 5.15. The maximum absolute atomic E-state index is 9.64. The average molecular weight is 265 g/mol. The number of rotatable bonds is 1. The van der Waals surface area contributed by atoms with Crippen molar-refractivity contribution in [3.63, 3.8) is 0 Å². The summed E-state index contributed by atoms with van der Waals surface area (Å²) in [6, 6.07) is 0. The molecular weight excluding hydrogens is 263 g/mol. The van der Waals surface area contributed by atoms with Gasteiger partial charge in [0.05, 0.1) is 0 Å². The van der Waals surface area contributed by atoms with Crippen LogP contribution in [0.2, 0.25) is 0 Å². The first-order valence-corrected chi connectivity index (χ1v) is 3.31. The van der Waals surface area contributed by atoms with E-state index >= 15 is 0 Å². The van der Waals surface area contributed by atoms with Crippen molar-refractivity contribution in [2.75, 3.05) is 0 Å². The summed E-state index contributed by atoms with van der Waals surface area (Å²) >= 11 is 4.58. The Hall–Kier alpha value is 0.680. The number of hydrogen-bond donors (Lipinski definition) is 1. The third kappa shape index (κ3) is 2.89. The van der Waals surface area contributed by atoms with Gasteiger partial charge in [-0.3, -0.25) is 4.79 Å². The van der Waals surface area contributed by atoms with Gasteiger partial charge in [-0.2, -0.15) is 0 Å². The van der Waals surface area contributed by atoms with E-state index in [1.165, 1.54) is 0 Å². The van der Waals surface area contributed by atoms with E-state index in [9.17, 15) is 4.79 Å². The lowest BCUT2D eigenvalue weighted by Gasteiger charge is -1.84.